The molecule has 3 nitrogen and oxygen atoms in total. The van der Waals surface area contributed by atoms with Crippen LogP contribution in [0, 0.1) is 16.7 Å². The quantitative estimate of drug-likeness (QED) is 0.802. The summed E-state index contributed by atoms with van der Waals surface area (Å²) in [5.74, 6) is 0. The van der Waals surface area contributed by atoms with Crippen LogP contribution in [0.5, 0.6) is 0 Å². The molecule has 0 aromatic carbocycles. The molecule has 2 unspecified atom stereocenters. The van der Waals surface area contributed by atoms with E-state index in [1.807, 2.05) is 6.92 Å². The third-order valence-corrected chi connectivity index (χ3v) is 4.49. The number of nitrogens with one attached hydrogen (secondary N) is 1. The van der Waals surface area contributed by atoms with E-state index in [1.54, 1.807) is 0 Å². The first-order valence-electron chi connectivity index (χ1n) is 7.72. The fourth-order valence-corrected chi connectivity index (χ4v) is 2.85. The van der Waals surface area contributed by atoms with E-state index in [2.05, 4.69) is 44.0 Å². The number of piperidine rings is 1. The van der Waals surface area contributed by atoms with E-state index < -0.39 is 0 Å². The Bertz CT molecular complexity index is 308. The summed E-state index contributed by atoms with van der Waals surface area (Å²) in [4.78, 5) is 2.55. The van der Waals surface area contributed by atoms with Gasteiger partial charge < -0.3 is 4.90 Å². The van der Waals surface area contributed by atoms with Crippen LogP contribution >= 0.6 is 0 Å². The Kier molecular flexibility index (Phi) is 5.82. The van der Waals surface area contributed by atoms with Crippen LogP contribution in [0.3, 0.4) is 0 Å². The van der Waals surface area contributed by atoms with E-state index in [0.717, 1.165) is 19.4 Å². The lowest BCUT2D eigenvalue weighted by atomic mass is 9.81. The number of hydrogen-bond donors (Lipinski definition) is 1. The van der Waals surface area contributed by atoms with Gasteiger partial charge in [0.05, 0.1) is 6.07 Å². The molecule has 1 aliphatic heterocycles. The lowest BCUT2D eigenvalue weighted by Crippen LogP contribution is -2.49. The Morgan fingerprint density at radius 3 is 2.42 bits per heavy atom. The zero-order valence-corrected chi connectivity index (χ0v) is 13.4. The Labute approximate surface area is 119 Å². The summed E-state index contributed by atoms with van der Waals surface area (Å²) < 4.78 is 0. The van der Waals surface area contributed by atoms with Gasteiger partial charge in [0.15, 0.2) is 0 Å². The molecule has 0 radical (unpaired) electrons. The molecule has 110 valence electrons. The molecule has 0 aromatic rings. The summed E-state index contributed by atoms with van der Waals surface area (Å²) in [7, 11) is 0. The van der Waals surface area contributed by atoms with Crippen LogP contribution in [0.2, 0.25) is 0 Å². The topological polar surface area (TPSA) is 39.1 Å². The van der Waals surface area contributed by atoms with E-state index in [0.29, 0.717) is 11.5 Å². The standard InChI is InChI=1S/C16H31N3/c1-6-9-18-16(5,13-17)12-14(2)19-10-7-15(3,4)8-11-19/h14,18H,6-12H2,1-5H3. The van der Waals surface area contributed by atoms with Crippen molar-refractivity contribution >= 4 is 0 Å². The van der Waals surface area contributed by atoms with Gasteiger partial charge in [0.25, 0.3) is 0 Å². The monoisotopic (exact) mass is 265 g/mol. The molecule has 0 aliphatic carbocycles. The fourth-order valence-electron chi connectivity index (χ4n) is 2.85. The molecule has 1 N–H and O–H groups in total. The highest BCUT2D eigenvalue weighted by atomic mass is 15.2. The predicted molar refractivity (Wildman–Crippen MR) is 81.0 cm³/mol. The molecular formula is C16H31N3. The van der Waals surface area contributed by atoms with Crippen LogP contribution in [0.15, 0.2) is 0 Å². The van der Waals surface area contributed by atoms with Crippen molar-refractivity contribution in [2.24, 2.45) is 5.41 Å². The third kappa shape index (κ3) is 5.12. The van der Waals surface area contributed by atoms with Crippen LogP contribution in [-0.2, 0) is 0 Å². The van der Waals surface area contributed by atoms with Gasteiger partial charge >= 0.3 is 0 Å². The summed E-state index contributed by atoms with van der Waals surface area (Å²) in [6.07, 6.45) is 4.51. The molecule has 2 atom stereocenters. The van der Waals surface area contributed by atoms with Crippen molar-refractivity contribution in [1.29, 1.82) is 5.26 Å². The summed E-state index contributed by atoms with van der Waals surface area (Å²) in [5.41, 5.74) is 0.109. The molecule has 19 heavy (non-hydrogen) atoms. The molecule has 1 rings (SSSR count). The van der Waals surface area contributed by atoms with Gasteiger partial charge in [-0.1, -0.05) is 20.8 Å². The highest BCUT2D eigenvalue weighted by Gasteiger charge is 2.32. The maximum atomic E-state index is 9.41. The Balaban J connectivity index is 2.50. The molecule has 0 amide bonds. The first-order chi connectivity index (χ1) is 8.82. The third-order valence-electron chi connectivity index (χ3n) is 4.49. The van der Waals surface area contributed by atoms with E-state index in [4.69, 9.17) is 0 Å². The second-order valence-electron chi connectivity index (χ2n) is 7.12. The SMILES string of the molecule is CCCNC(C)(C#N)CC(C)N1CCC(C)(C)CC1. The minimum Gasteiger partial charge on any atom is -0.301 e. The van der Waals surface area contributed by atoms with Crippen molar-refractivity contribution in [2.45, 2.75) is 71.9 Å². The first-order valence-corrected chi connectivity index (χ1v) is 7.72. The summed E-state index contributed by atoms with van der Waals surface area (Å²) >= 11 is 0. The van der Waals surface area contributed by atoms with Crippen molar-refractivity contribution in [3.05, 3.63) is 0 Å². The second-order valence-corrected chi connectivity index (χ2v) is 7.12. The summed E-state index contributed by atoms with van der Waals surface area (Å²) in [6.45, 7) is 14.4. The minimum atomic E-state index is -0.387. The van der Waals surface area contributed by atoms with Gasteiger partial charge in [-0.25, -0.2) is 0 Å². The van der Waals surface area contributed by atoms with E-state index >= 15 is 0 Å². The second kappa shape index (κ2) is 6.72. The Morgan fingerprint density at radius 1 is 1.37 bits per heavy atom. The first kappa shape index (κ1) is 16.5. The van der Waals surface area contributed by atoms with Gasteiger partial charge in [0, 0.05) is 6.04 Å². The smallest absolute Gasteiger partial charge is 0.105 e. The number of nitrogens with zero attached hydrogens (tertiary/aromatic N) is 2. The molecule has 1 saturated heterocycles. The van der Waals surface area contributed by atoms with Crippen LogP contribution in [-0.4, -0.2) is 36.1 Å². The number of likely N-dealkylation sites (tertiary alicyclic amines) is 1. The largest absolute Gasteiger partial charge is 0.301 e. The predicted octanol–water partition coefficient (Wildman–Crippen LogP) is 3.17. The maximum Gasteiger partial charge on any atom is 0.105 e. The highest BCUT2D eigenvalue weighted by Crippen LogP contribution is 2.31. The molecule has 0 bridgehead atoms. The summed E-state index contributed by atoms with van der Waals surface area (Å²) in [5, 5.41) is 12.8. The van der Waals surface area contributed by atoms with E-state index in [1.165, 1.54) is 25.9 Å². The van der Waals surface area contributed by atoms with Gasteiger partial charge in [0.2, 0.25) is 0 Å². The van der Waals surface area contributed by atoms with E-state index in [9.17, 15) is 5.26 Å². The molecular weight excluding hydrogens is 234 g/mol. The maximum absolute atomic E-state index is 9.41. The van der Waals surface area contributed by atoms with Crippen molar-refractivity contribution in [1.82, 2.24) is 10.2 Å². The lowest BCUT2D eigenvalue weighted by molar-refractivity contribution is 0.0884. The van der Waals surface area contributed by atoms with Crippen molar-refractivity contribution in [2.75, 3.05) is 19.6 Å². The molecule has 3 heteroatoms. The normalized spacial score (nSPS) is 24.4. The minimum absolute atomic E-state index is 0.387. The molecule has 1 heterocycles. The van der Waals surface area contributed by atoms with Crippen LogP contribution in [0.4, 0.5) is 0 Å². The van der Waals surface area contributed by atoms with Crippen LogP contribution in [0.25, 0.3) is 0 Å². The highest BCUT2D eigenvalue weighted by molar-refractivity contribution is 5.05. The number of hydrogen-bond acceptors (Lipinski definition) is 3. The molecule has 0 saturated carbocycles. The van der Waals surface area contributed by atoms with Gasteiger partial charge in [-0.3, -0.25) is 5.32 Å². The van der Waals surface area contributed by atoms with Crippen LogP contribution < -0.4 is 5.32 Å². The van der Waals surface area contributed by atoms with Crippen molar-refractivity contribution in [3.63, 3.8) is 0 Å². The Hall–Kier alpha value is -0.590. The fraction of sp³-hybridized carbons (Fsp3) is 0.938. The Morgan fingerprint density at radius 2 is 1.95 bits per heavy atom. The average Bonchev–Trinajstić information content (AvgIpc) is 2.36. The average molecular weight is 265 g/mol. The summed E-state index contributed by atoms with van der Waals surface area (Å²) in [6, 6.07) is 2.94. The number of rotatable bonds is 6. The van der Waals surface area contributed by atoms with E-state index in [-0.39, 0.29) is 5.54 Å². The zero-order valence-electron chi connectivity index (χ0n) is 13.4. The molecule has 1 fully saturated rings. The van der Waals surface area contributed by atoms with Gasteiger partial charge in [0.1, 0.15) is 5.54 Å². The number of nitriles is 1. The molecule has 0 spiro atoms. The van der Waals surface area contributed by atoms with Gasteiger partial charge in [-0.05, 0) is 64.6 Å². The van der Waals surface area contributed by atoms with Crippen LogP contribution in [0.1, 0.15) is 60.3 Å². The molecule has 0 aromatic heterocycles. The van der Waals surface area contributed by atoms with Gasteiger partial charge in [-0.15, -0.1) is 0 Å². The molecule has 1 aliphatic rings. The van der Waals surface area contributed by atoms with Crippen molar-refractivity contribution in [3.8, 4) is 6.07 Å². The van der Waals surface area contributed by atoms with Gasteiger partial charge in [-0.2, -0.15) is 5.26 Å². The zero-order chi connectivity index (χ0) is 14.5. The van der Waals surface area contributed by atoms with Crippen molar-refractivity contribution < 1.29 is 0 Å². The lowest BCUT2D eigenvalue weighted by Gasteiger charge is -2.41.